The van der Waals surface area contributed by atoms with Crippen molar-refractivity contribution in [3.05, 3.63) is 65.7 Å². The molecule has 1 saturated carbocycles. The predicted octanol–water partition coefficient (Wildman–Crippen LogP) is 2.83. The van der Waals surface area contributed by atoms with Crippen LogP contribution in [0.15, 0.2) is 54.6 Å². The van der Waals surface area contributed by atoms with Gasteiger partial charge in [0.2, 0.25) is 5.91 Å². The lowest BCUT2D eigenvalue weighted by atomic mass is 10.1. The Bertz CT molecular complexity index is 893. The molecule has 2 unspecified atom stereocenters. The molecule has 164 valence electrons. The van der Waals surface area contributed by atoms with E-state index in [-0.39, 0.29) is 17.7 Å². The van der Waals surface area contributed by atoms with E-state index in [1.807, 2.05) is 12.1 Å². The number of amides is 2. The van der Waals surface area contributed by atoms with E-state index in [0.29, 0.717) is 23.7 Å². The van der Waals surface area contributed by atoms with Crippen molar-refractivity contribution in [3.63, 3.8) is 0 Å². The Labute approximate surface area is 184 Å². The van der Waals surface area contributed by atoms with Crippen LogP contribution in [0.5, 0.6) is 0 Å². The van der Waals surface area contributed by atoms with Gasteiger partial charge in [-0.15, -0.1) is 0 Å². The van der Waals surface area contributed by atoms with Crippen molar-refractivity contribution in [2.75, 3.05) is 44.6 Å². The number of nitrogens with one attached hydrogen (secondary N) is 2. The van der Waals surface area contributed by atoms with Crippen molar-refractivity contribution in [1.82, 2.24) is 15.1 Å². The minimum atomic E-state index is -0.0985. The summed E-state index contributed by atoms with van der Waals surface area (Å²) in [5.74, 6) is 0.535. The third-order valence-electron chi connectivity index (χ3n) is 6.27. The third kappa shape index (κ3) is 6.15. The van der Waals surface area contributed by atoms with Gasteiger partial charge < -0.3 is 10.6 Å². The summed E-state index contributed by atoms with van der Waals surface area (Å²) in [5, 5.41) is 5.94. The lowest BCUT2D eigenvalue weighted by Gasteiger charge is -2.34. The first kappa shape index (κ1) is 21.5. The van der Waals surface area contributed by atoms with Crippen LogP contribution in [0.25, 0.3) is 0 Å². The number of anilines is 1. The number of nitrogens with zero attached hydrogens (tertiary/aromatic N) is 2. The van der Waals surface area contributed by atoms with Gasteiger partial charge in [-0.25, -0.2) is 0 Å². The van der Waals surface area contributed by atoms with Gasteiger partial charge in [0.05, 0.1) is 0 Å². The maximum Gasteiger partial charge on any atom is 0.251 e. The molecule has 2 amide bonds. The van der Waals surface area contributed by atoms with E-state index in [4.69, 9.17) is 0 Å². The quantitative estimate of drug-likeness (QED) is 0.689. The number of piperazine rings is 1. The van der Waals surface area contributed by atoms with Gasteiger partial charge in [-0.1, -0.05) is 43.3 Å². The van der Waals surface area contributed by atoms with Crippen LogP contribution in [0.4, 0.5) is 5.69 Å². The number of carbonyl (C=O) groups excluding carboxylic acids is 2. The van der Waals surface area contributed by atoms with E-state index in [1.54, 1.807) is 12.1 Å². The summed E-state index contributed by atoms with van der Waals surface area (Å²) >= 11 is 0. The Morgan fingerprint density at radius 3 is 2.39 bits per heavy atom. The Morgan fingerprint density at radius 1 is 0.968 bits per heavy atom. The monoisotopic (exact) mass is 420 g/mol. The van der Waals surface area contributed by atoms with Crippen LogP contribution in [-0.2, 0) is 11.3 Å². The normalized spacial score (nSPS) is 21.5. The van der Waals surface area contributed by atoms with Crippen molar-refractivity contribution >= 4 is 17.5 Å². The summed E-state index contributed by atoms with van der Waals surface area (Å²) in [6, 6.07) is 17.8. The first-order valence-electron chi connectivity index (χ1n) is 11.3. The summed E-state index contributed by atoms with van der Waals surface area (Å²) in [7, 11) is 0. The first-order chi connectivity index (χ1) is 15.1. The standard InChI is InChI=1S/C25H32N4O2/c1-19-16-23(19)25(31)27-22-9-5-8-21(17-22)24(30)26-10-11-28-12-14-29(15-13-28)18-20-6-3-2-4-7-20/h2-9,17,19,23H,10-16,18H2,1H3,(H,26,30)(H,27,31). The summed E-state index contributed by atoms with van der Waals surface area (Å²) in [6.07, 6.45) is 0.951. The van der Waals surface area contributed by atoms with Gasteiger partial charge in [-0.3, -0.25) is 19.4 Å². The minimum absolute atomic E-state index is 0.0523. The summed E-state index contributed by atoms with van der Waals surface area (Å²) < 4.78 is 0. The Hall–Kier alpha value is -2.70. The van der Waals surface area contributed by atoms with E-state index < -0.39 is 0 Å². The molecule has 0 radical (unpaired) electrons. The average molecular weight is 421 g/mol. The van der Waals surface area contributed by atoms with E-state index in [9.17, 15) is 9.59 Å². The molecule has 1 heterocycles. The first-order valence-corrected chi connectivity index (χ1v) is 11.3. The zero-order valence-corrected chi connectivity index (χ0v) is 18.2. The molecule has 0 spiro atoms. The molecule has 2 aliphatic rings. The lowest BCUT2D eigenvalue weighted by molar-refractivity contribution is -0.117. The largest absolute Gasteiger partial charge is 0.351 e. The van der Waals surface area contributed by atoms with Crippen LogP contribution in [0.2, 0.25) is 0 Å². The Morgan fingerprint density at radius 2 is 1.68 bits per heavy atom. The number of carbonyl (C=O) groups is 2. The van der Waals surface area contributed by atoms with Crippen LogP contribution in [0, 0.1) is 11.8 Å². The third-order valence-corrected chi connectivity index (χ3v) is 6.27. The van der Waals surface area contributed by atoms with Crippen molar-refractivity contribution < 1.29 is 9.59 Å². The molecule has 6 heteroatoms. The van der Waals surface area contributed by atoms with Gasteiger partial charge in [0.1, 0.15) is 0 Å². The highest BCUT2D eigenvalue weighted by molar-refractivity contribution is 5.98. The predicted molar refractivity (Wildman–Crippen MR) is 123 cm³/mol. The maximum absolute atomic E-state index is 12.5. The molecular formula is C25H32N4O2. The molecule has 2 aromatic carbocycles. The van der Waals surface area contributed by atoms with Crippen molar-refractivity contribution in [3.8, 4) is 0 Å². The fourth-order valence-corrected chi connectivity index (χ4v) is 4.10. The SMILES string of the molecule is CC1CC1C(=O)Nc1cccc(C(=O)NCCN2CCN(Cc3ccccc3)CC2)c1. The zero-order valence-electron chi connectivity index (χ0n) is 18.2. The fourth-order valence-electron chi connectivity index (χ4n) is 4.10. The summed E-state index contributed by atoms with van der Waals surface area (Å²) in [6.45, 7) is 8.67. The summed E-state index contributed by atoms with van der Waals surface area (Å²) in [5.41, 5.74) is 2.62. The van der Waals surface area contributed by atoms with Gasteiger partial charge in [0.25, 0.3) is 5.91 Å². The molecule has 2 aromatic rings. The van der Waals surface area contributed by atoms with Gasteiger partial charge >= 0.3 is 0 Å². The highest BCUT2D eigenvalue weighted by Gasteiger charge is 2.39. The zero-order chi connectivity index (χ0) is 21.6. The van der Waals surface area contributed by atoms with Crippen LogP contribution in [0.3, 0.4) is 0 Å². The van der Waals surface area contributed by atoms with Crippen LogP contribution < -0.4 is 10.6 Å². The number of benzene rings is 2. The summed E-state index contributed by atoms with van der Waals surface area (Å²) in [4.78, 5) is 29.5. The molecule has 1 aliphatic heterocycles. The maximum atomic E-state index is 12.5. The molecule has 31 heavy (non-hydrogen) atoms. The van der Waals surface area contributed by atoms with Crippen molar-refractivity contribution in [2.24, 2.45) is 11.8 Å². The number of rotatable bonds is 8. The Kier molecular flexibility index (Phi) is 6.99. The molecule has 4 rings (SSSR count). The van der Waals surface area contributed by atoms with E-state index in [0.717, 1.165) is 45.7 Å². The van der Waals surface area contributed by atoms with E-state index in [2.05, 4.69) is 57.7 Å². The smallest absolute Gasteiger partial charge is 0.251 e. The van der Waals surface area contributed by atoms with Gasteiger partial charge in [0, 0.05) is 63.0 Å². The van der Waals surface area contributed by atoms with Crippen LogP contribution >= 0.6 is 0 Å². The van der Waals surface area contributed by atoms with Crippen molar-refractivity contribution in [2.45, 2.75) is 19.9 Å². The van der Waals surface area contributed by atoms with Crippen LogP contribution in [0.1, 0.15) is 29.3 Å². The van der Waals surface area contributed by atoms with Gasteiger partial charge in [-0.2, -0.15) is 0 Å². The van der Waals surface area contributed by atoms with Gasteiger partial charge in [0.15, 0.2) is 0 Å². The van der Waals surface area contributed by atoms with Crippen LogP contribution in [-0.4, -0.2) is 60.9 Å². The molecule has 2 fully saturated rings. The number of hydrogen-bond donors (Lipinski definition) is 2. The fraction of sp³-hybridized carbons (Fsp3) is 0.440. The molecule has 2 N–H and O–H groups in total. The molecule has 0 aromatic heterocycles. The molecule has 1 aliphatic carbocycles. The second kappa shape index (κ2) is 10.1. The average Bonchev–Trinajstić information content (AvgIpc) is 3.52. The highest BCUT2D eigenvalue weighted by Crippen LogP contribution is 2.38. The molecule has 0 bridgehead atoms. The molecule has 1 saturated heterocycles. The Balaban J connectivity index is 1.17. The molecule has 2 atom stereocenters. The second-order valence-corrected chi connectivity index (χ2v) is 8.75. The molecular weight excluding hydrogens is 388 g/mol. The number of hydrogen-bond acceptors (Lipinski definition) is 4. The topological polar surface area (TPSA) is 64.7 Å². The molecule has 6 nitrogen and oxygen atoms in total. The van der Waals surface area contributed by atoms with E-state index >= 15 is 0 Å². The van der Waals surface area contributed by atoms with E-state index in [1.165, 1.54) is 5.56 Å². The second-order valence-electron chi connectivity index (χ2n) is 8.75. The van der Waals surface area contributed by atoms with Crippen molar-refractivity contribution in [1.29, 1.82) is 0 Å². The lowest BCUT2D eigenvalue weighted by Crippen LogP contribution is -2.48. The minimum Gasteiger partial charge on any atom is -0.351 e. The highest BCUT2D eigenvalue weighted by atomic mass is 16.2. The van der Waals surface area contributed by atoms with Gasteiger partial charge in [-0.05, 0) is 36.1 Å².